The summed E-state index contributed by atoms with van der Waals surface area (Å²) < 4.78 is 1.88. The summed E-state index contributed by atoms with van der Waals surface area (Å²) in [5, 5.41) is 8.75. The maximum absolute atomic E-state index is 8.75. The van der Waals surface area contributed by atoms with E-state index in [1.54, 1.807) is 6.92 Å². The number of aliphatic hydroxyl groups excluding tert-OH is 1. The Morgan fingerprint density at radius 1 is 1.86 bits per heavy atom. The molecule has 0 unspecified atom stereocenters. The van der Waals surface area contributed by atoms with Gasteiger partial charge in [0, 0.05) is 0 Å². The van der Waals surface area contributed by atoms with E-state index in [1.165, 1.54) is 0 Å². The molecule has 0 spiro atoms. The first-order valence-electron chi connectivity index (χ1n) is 2.13. The van der Waals surface area contributed by atoms with E-state index < -0.39 is 0 Å². The fraction of sp³-hybridized carbons (Fsp3) is 0.600. The van der Waals surface area contributed by atoms with Gasteiger partial charge in [-0.2, -0.15) is 0 Å². The molecule has 2 heteroatoms. The van der Waals surface area contributed by atoms with Crippen LogP contribution in [0.25, 0.3) is 0 Å². The van der Waals surface area contributed by atoms with Crippen molar-refractivity contribution in [2.24, 2.45) is 0 Å². The first kappa shape index (κ1) is 7.43. The Labute approximate surface area is 57.6 Å². The molecule has 0 aliphatic rings. The van der Waals surface area contributed by atoms with Crippen LogP contribution in [0.3, 0.4) is 0 Å². The summed E-state index contributed by atoms with van der Waals surface area (Å²) in [6.45, 7) is 3.65. The van der Waals surface area contributed by atoms with Gasteiger partial charge < -0.3 is 5.11 Å². The average molecular weight is 212 g/mol. The Bertz CT molecular complexity index is 76.1. The quantitative estimate of drug-likeness (QED) is 0.656. The van der Waals surface area contributed by atoms with E-state index >= 15 is 0 Å². The first-order valence-corrected chi connectivity index (χ1v) is 3.38. The summed E-state index contributed by atoms with van der Waals surface area (Å²) >= 11 is 2.11. The smallest absolute Gasteiger partial charge is 0.0726 e. The van der Waals surface area contributed by atoms with Crippen molar-refractivity contribution in [1.29, 1.82) is 0 Å². The van der Waals surface area contributed by atoms with Crippen molar-refractivity contribution in [2.75, 3.05) is 0 Å². The van der Waals surface area contributed by atoms with Crippen LogP contribution in [0.1, 0.15) is 13.8 Å². The van der Waals surface area contributed by atoms with Crippen molar-refractivity contribution in [3.63, 3.8) is 0 Å². The lowest BCUT2D eigenvalue weighted by atomic mass is 10.2. The second kappa shape index (κ2) is 3.43. The van der Waals surface area contributed by atoms with Crippen LogP contribution < -0.4 is 0 Å². The highest BCUT2D eigenvalue weighted by molar-refractivity contribution is 14.1. The van der Waals surface area contributed by atoms with Crippen molar-refractivity contribution in [1.82, 2.24) is 0 Å². The maximum atomic E-state index is 8.75. The normalized spacial score (nSPS) is 16.9. The minimum atomic E-state index is -0.281. The molecule has 7 heavy (non-hydrogen) atoms. The van der Waals surface area contributed by atoms with Gasteiger partial charge in [0.2, 0.25) is 0 Å². The van der Waals surface area contributed by atoms with Crippen molar-refractivity contribution in [3.05, 3.63) is 9.66 Å². The molecule has 1 atom stereocenters. The molecule has 0 aliphatic carbocycles. The van der Waals surface area contributed by atoms with Crippen molar-refractivity contribution in [2.45, 2.75) is 20.0 Å². The molecular weight excluding hydrogens is 203 g/mol. The highest BCUT2D eigenvalue weighted by atomic mass is 127. The molecule has 0 fully saturated rings. The van der Waals surface area contributed by atoms with Gasteiger partial charge in [-0.05, 0) is 23.5 Å². The lowest BCUT2D eigenvalue weighted by molar-refractivity contribution is 0.232. The molecule has 0 aromatic heterocycles. The Morgan fingerprint density at radius 3 is 2.29 bits per heavy atom. The Kier molecular flexibility index (Phi) is 3.65. The Hall–Kier alpha value is 0.430. The zero-order valence-corrected chi connectivity index (χ0v) is 6.64. The SMILES string of the molecule is C/C(=C\I)[C@@H](C)O. The standard InChI is InChI=1S/C5H9IO/c1-4(3-6)5(2)7/h3,5,7H,1-2H3/b4-3+/t5-/m1/s1. The van der Waals surface area contributed by atoms with Crippen LogP contribution in [0.2, 0.25) is 0 Å². The maximum Gasteiger partial charge on any atom is 0.0726 e. The van der Waals surface area contributed by atoms with Crippen LogP contribution >= 0.6 is 22.6 Å². The van der Waals surface area contributed by atoms with Gasteiger partial charge in [-0.25, -0.2) is 0 Å². The van der Waals surface area contributed by atoms with Gasteiger partial charge in [-0.3, -0.25) is 0 Å². The van der Waals surface area contributed by atoms with Gasteiger partial charge in [-0.1, -0.05) is 22.6 Å². The van der Waals surface area contributed by atoms with E-state index in [1.807, 2.05) is 11.0 Å². The zero-order valence-electron chi connectivity index (χ0n) is 4.48. The fourth-order valence-corrected chi connectivity index (χ4v) is 0.612. The van der Waals surface area contributed by atoms with Gasteiger partial charge in [0.15, 0.2) is 0 Å². The molecule has 0 aromatic carbocycles. The molecule has 0 aliphatic heterocycles. The molecule has 1 N–H and O–H groups in total. The van der Waals surface area contributed by atoms with Crippen LogP contribution in [0.15, 0.2) is 9.66 Å². The van der Waals surface area contributed by atoms with E-state index in [-0.39, 0.29) is 6.10 Å². The summed E-state index contributed by atoms with van der Waals surface area (Å²) in [7, 11) is 0. The second-order valence-corrected chi connectivity index (χ2v) is 2.15. The molecule has 1 nitrogen and oxygen atoms in total. The molecule has 0 saturated heterocycles. The summed E-state index contributed by atoms with van der Waals surface area (Å²) in [6, 6.07) is 0. The fourth-order valence-electron chi connectivity index (χ4n) is 0.0912. The van der Waals surface area contributed by atoms with Crippen LogP contribution in [0, 0.1) is 0 Å². The van der Waals surface area contributed by atoms with E-state index in [2.05, 4.69) is 22.6 Å². The van der Waals surface area contributed by atoms with Crippen LogP contribution in [-0.4, -0.2) is 11.2 Å². The lowest BCUT2D eigenvalue weighted by Crippen LogP contribution is -1.98. The van der Waals surface area contributed by atoms with Crippen LogP contribution in [0.4, 0.5) is 0 Å². The van der Waals surface area contributed by atoms with E-state index in [4.69, 9.17) is 5.11 Å². The molecule has 0 radical (unpaired) electrons. The minimum Gasteiger partial charge on any atom is -0.389 e. The molecular formula is C5H9IO. The van der Waals surface area contributed by atoms with E-state index in [0.717, 1.165) is 5.57 Å². The molecule has 0 saturated carbocycles. The first-order chi connectivity index (χ1) is 3.18. The number of rotatable bonds is 1. The highest BCUT2D eigenvalue weighted by Crippen LogP contribution is 2.01. The molecule has 0 aromatic rings. The minimum absolute atomic E-state index is 0.281. The van der Waals surface area contributed by atoms with Crippen molar-refractivity contribution < 1.29 is 5.11 Å². The number of aliphatic hydroxyl groups is 1. The molecule has 42 valence electrons. The summed E-state index contributed by atoms with van der Waals surface area (Å²) in [6.07, 6.45) is -0.281. The Balaban J connectivity index is 3.56. The third-order valence-corrected chi connectivity index (χ3v) is 1.81. The monoisotopic (exact) mass is 212 g/mol. The molecule has 0 bridgehead atoms. The van der Waals surface area contributed by atoms with Crippen LogP contribution in [0.5, 0.6) is 0 Å². The summed E-state index contributed by atoms with van der Waals surface area (Å²) in [5.74, 6) is 0. The number of hydrogen-bond donors (Lipinski definition) is 1. The number of hydrogen-bond acceptors (Lipinski definition) is 1. The predicted octanol–water partition coefficient (Wildman–Crippen LogP) is 1.71. The largest absolute Gasteiger partial charge is 0.389 e. The van der Waals surface area contributed by atoms with Gasteiger partial charge in [0.25, 0.3) is 0 Å². The zero-order chi connectivity index (χ0) is 5.86. The van der Waals surface area contributed by atoms with Crippen molar-refractivity contribution in [3.8, 4) is 0 Å². The van der Waals surface area contributed by atoms with Gasteiger partial charge >= 0.3 is 0 Å². The average Bonchev–Trinajstić information content (AvgIpc) is 1.65. The highest BCUT2D eigenvalue weighted by Gasteiger charge is 1.92. The third kappa shape index (κ3) is 3.05. The molecule has 0 rings (SSSR count). The summed E-state index contributed by atoms with van der Waals surface area (Å²) in [5.41, 5.74) is 1.01. The van der Waals surface area contributed by atoms with Crippen molar-refractivity contribution >= 4 is 22.6 Å². The van der Waals surface area contributed by atoms with E-state index in [9.17, 15) is 0 Å². The topological polar surface area (TPSA) is 20.2 Å². The van der Waals surface area contributed by atoms with E-state index in [0.29, 0.717) is 0 Å². The predicted molar refractivity (Wildman–Crippen MR) is 39.5 cm³/mol. The van der Waals surface area contributed by atoms with Gasteiger partial charge in [0.1, 0.15) is 0 Å². The number of halogens is 1. The lowest BCUT2D eigenvalue weighted by Gasteiger charge is -1.98. The summed E-state index contributed by atoms with van der Waals surface area (Å²) in [4.78, 5) is 0. The second-order valence-electron chi connectivity index (χ2n) is 1.53. The van der Waals surface area contributed by atoms with Crippen LogP contribution in [-0.2, 0) is 0 Å². The third-order valence-electron chi connectivity index (χ3n) is 0.831. The van der Waals surface area contributed by atoms with Gasteiger partial charge in [0.05, 0.1) is 6.10 Å². The van der Waals surface area contributed by atoms with Gasteiger partial charge in [-0.15, -0.1) is 0 Å². The Morgan fingerprint density at radius 2 is 2.29 bits per heavy atom. The molecule has 0 heterocycles. The molecule has 0 amide bonds.